The molecule has 0 amide bonds. The lowest BCUT2D eigenvalue weighted by Gasteiger charge is -2.08. The fraction of sp³-hybridized carbons (Fsp3) is 0.556. The lowest BCUT2D eigenvalue weighted by Crippen LogP contribution is -2.12. The molecule has 7 nitrogen and oxygen atoms in total. The maximum Gasteiger partial charge on any atom is 0.218 e. The van der Waals surface area contributed by atoms with Crippen LogP contribution in [-0.2, 0) is 16.1 Å². The summed E-state index contributed by atoms with van der Waals surface area (Å²) in [5.74, 6) is 6.70. The van der Waals surface area contributed by atoms with Crippen LogP contribution in [-0.4, -0.2) is 37.4 Å². The molecule has 1 heterocycles. The number of anilines is 1. The van der Waals surface area contributed by atoms with Gasteiger partial charge in [-0.25, -0.2) is 10.8 Å². The van der Waals surface area contributed by atoms with E-state index in [4.69, 9.17) is 20.1 Å². The molecule has 0 aromatic carbocycles. The van der Waals surface area contributed by atoms with Crippen molar-refractivity contribution < 1.29 is 14.2 Å². The van der Waals surface area contributed by atoms with E-state index in [0.29, 0.717) is 37.3 Å². The van der Waals surface area contributed by atoms with E-state index in [1.54, 1.807) is 20.3 Å². The summed E-state index contributed by atoms with van der Waals surface area (Å²) in [6.07, 6.45) is 0. The Morgan fingerprint density at radius 2 is 2.06 bits per heavy atom. The van der Waals surface area contributed by atoms with Crippen LogP contribution in [0.4, 0.5) is 5.82 Å². The molecule has 7 heteroatoms. The lowest BCUT2D eigenvalue weighted by atomic mass is 10.5. The minimum Gasteiger partial charge on any atom is -0.475 e. The third kappa shape index (κ3) is 3.97. The number of nitrogens with one attached hydrogen (secondary N) is 1. The van der Waals surface area contributed by atoms with Gasteiger partial charge in [-0.2, -0.15) is 4.98 Å². The minimum atomic E-state index is 0.302. The van der Waals surface area contributed by atoms with E-state index in [2.05, 4.69) is 15.4 Å². The molecule has 0 bridgehead atoms. The molecule has 0 spiro atoms. The maximum absolute atomic E-state index is 5.35. The first kappa shape index (κ1) is 12.6. The molecule has 0 unspecified atom stereocenters. The molecule has 0 saturated carbocycles. The summed E-state index contributed by atoms with van der Waals surface area (Å²) < 4.78 is 15.1. The van der Waals surface area contributed by atoms with Crippen molar-refractivity contribution in [2.24, 2.45) is 5.84 Å². The molecule has 90 valence electrons. The second-order valence-electron chi connectivity index (χ2n) is 2.93. The Morgan fingerprint density at radius 1 is 1.25 bits per heavy atom. The van der Waals surface area contributed by atoms with Crippen LogP contribution in [0.2, 0.25) is 0 Å². The van der Waals surface area contributed by atoms with Gasteiger partial charge in [0.05, 0.1) is 6.61 Å². The Bertz CT molecular complexity index is 322. The number of hydrazine groups is 1. The number of nitrogen functional groups attached to an aromatic ring is 1. The van der Waals surface area contributed by atoms with Crippen LogP contribution in [0.1, 0.15) is 5.82 Å². The molecule has 0 atom stereocenters. The van der Waals surface area contributed by atoms with E-state index >= 15 is 0 Å². The standard InChI is InChI=1S/C9H16N4O3/c1-14-3-4-16-9-5-7(13-10)11-8(12-9)6-15-2/h5H,3-4,6,10H2,1-2H3,(H,11,12,13). The van der Waals surface area contributed by atoms with Gasteiger partial charge >= 0.3 is 0 Å². The van der Waals surface area contributed by atoms with Gasteiger partial charge in [-0.1, -0.05) is 0 Å². The molecule has 0 aliphatic rings. The summed E-state index contributed by atoms with van der Waals surface area (Å²) in [6, 6.07) is 1.61. The Morgan fingerprint density at radius 3 is 2.69 bits per heavy atom. The van der Waals surface area contributed by atoms with E-state index in [-0.39, 0.29) is 0 Å². The van der Waals surface area contributed by atoms with Gasteiger partial charge in [0.15, 0.2) is 5.82 Å². The normalized spacial score (nSPS) is 10.2. The third-order valence-corrected chi connectivity index (χ3v) is 1.71. The molecular formula is C9H16N4O3. The first-order valence-electron chi connectivity index (χ1n) is 4.75. The monoisotopic (exact) mass is 228 g/mol. The average Bonchev–Trinajstić information content (AvgIpc) is 2.29. The minimum absolute atomic E-state index is 0.302. The zero-order chi connectivity index (χ0) is 11.8. The largest absolute Gasteiger partial charge is 0.475 e. The number of nitrogens with zero attached hydrogens (tertiary/aromatic N) is 2. The molecule has 1 aromatic rings. The molecule has 0 fully saturated rings. The summed E-state index contributed by atoms with van der Waals surface area (Å²) in [5, 5.41) is 0. The van der Waals surface area contributed by atoms with E-state index in [9.17, 15) is 0 Å². The van der Waals surface area contributed by atoms with Crippen molar-refractivity contribution in [2.45, 2.75) is 6.61 Å². The predicted octanol–water partition coefficient (Wildman–Crippen LogP) is -0.0662. The van der Waals surface area contributed by atoms with Crippen molar-refractivity contribution in [3.63, 3.8) is 0 Å². The SMILES string of the molecule is COCCOc1cc(NN)nc(COC)n1. The number of aromatic nitrogens is 2. The van der Waals surface area contributed by atoms with Crippen molar-refractivity contribution >= 4 is 5.82 Å². The second kappa shape index (κ2) is 6.94. The first-order chi connectivity index (χ1) is 7.80. The molecule has 0 aliphatic heterocycles. The lowest BCUT2D eigenvalue weighted by molar-refractivity contribution is 0.142. The smallest absolute Gasteiger partial charge is 0.218 e. The van der Waals surface area contributed by atoms with Crippen molar-refractivity contribution in [3.8, 4) is 5.88 Å². The first-order valence-corrected chi connectivity index (χ1v) is 4.75. The van der Waals surface area contributed by atoms with Crippen molar-refractivity contribution in [1.82, 2.24) is 9.97 Å². The van der Waals surface area contributed by atoms with Crippen LogP contribution >= 0.6 is 0 Å². The molecule has 3 N–H and O–H groups in total. The van der Waals surface area contributed by atoms with Crippen LogP contribution in [0, 0.1) is 0 Å². The molecule has 0 saturated heterocycles. The number of nitrogens with two attached hydrogens (primary N) is 1. The van der Waals surface area contributed by atoms with Gasteiger partial charge in [-0.15, -0.1) is 0 Å². The predicted molar refractivity (Wildman–Crippen MR) is 57.9 cm³/mol. The Hall–Kier alpha value is -1.44. The number of methoxy groups -OCH3 is 2. The number of ether oxygens (including phenoxy) is 3. The van der Waals surface area contributed by atoms with Gasteiger partial charge < -0.3 is 19.6 Å². The molecule has 0 radical (unpaired) electrons. The van der Waals surface area contributed by atoms with Crippen LogP contribution in [0.15, 0.2) is 6.07 Å². The maximum atomic E-state index is 5.35. The highest BCUT2D eigenvalue weighted by Crippen LogP contribution is 2.13. The molecule has 1 aromatic heterocycles. The van der Waals surface area contributed by atoms with E-state index in [1.165, 1.54) is 0 Å². The van der Waals surface area contributed by atoms with Crippen LogP contribution < -0.4 is 16.0 Å². The summed E-state index contributed by atoms with van der Waals surface area (Å²) in [5.41, 5.74) is 2.44. The van der Waals surface area contributed by atoms with Gasteiger partial charge in [0, 0.05) is 20.3 Å². The van der Waals surface area contributed by atoms with Gasteiger partial charge in [0.1, 0.15) is 19.0 Å². The second-order valence-corrected chi connectivity index (χ2v) is 2.93. The van der Waals surface area contributed by atoms with Crippen LogP contribution in [0.3, 0.4) is 0 Å². The van der Waals surface area contributed by atoms with E-state index in [0.717, 1.165) is 0 Å². The van der Waals surface area contributed by atoms with Gasteiger partial charge in [0.25, 0.3) is 0 Å². The molecular weight excluding hydrogens is 212 g/mol. The fourth-order valence-corrected chi connectivity index (χ4v) is 1.04. The summed E-state index contributed by atoms with van der Waals surface area (Å²) >= 11 is 0. The van der Waals surface area contributed by atoms with E-state index in [1.807, 2.05) is 0 Å². The van der Waals surface area contributed by atoms with Crippen molar-refractivity contribution in [2.75, 3.05) is 32.9 Å². The Kier molecular flexibility index (Phi) is 5.48. The number of hydrogen-bond acceptors (Lipinski definition) is 7. The van der Waals surface area contributed by atoms with Crippen LogP contribution in [0.25, 0.3) is 0 Å². The van der Waals surface area contributed by atoms with Gasteiger partial charge in [0.2, 0.25) is 5.88 Å². The Labute approximate surface area is 93.9 Å². The quantitative estimate of drug-likeness (QED) is 0.383. The van der Waals surface area contributed by atoms with Gasteiger partial charge in [-0.3, -0.25) is 0 Å². The number of rotatable bonds is 7. The Balaban J connectivity index is 2.69. The average molecular weight is 228 g/mol. The zero-order valence-corrected chi connectivity index (χ0v) is 9.40. The summed E-state index contributed by atoms with van der Waals surface area (Å²) in [6.45, 7) is 1.22. The molecule has 1 rings (SSSR count). The highest BCUT2D eigenvalue weighted by Gasteiger charge is 2.04. The highest BCUT2D eigenvalue weighted by molar-refractivity contribution is 5.36. The highest BCUT2D eigenvalue weighted by atomic mass is 16.5. The van der Waals surface area contributed by atoms with Crippen molar-refractivity contribution in [3.05, 3.63) is 11.9 Å². The zero-order valence-electron chi connectivity index (χ0n) is 9.40. The fourth-order valence-electron chi connectivity index (χ4n) is 1.04. The summed E-state index contributed by atoms with van der Waals surface area (Å²) in [7, 11) is 3.17. The third-order valence-electron chi connectivity index (χ3n) is 1.71. The molecule has 0 aliphatic carbocycles. The number of hydrogen-bond donors (Lipinski definition) is 2. The van der Waals surface area contributed by atoms with Crippen LogP contribution in [0.5, 0.6) is 5.88 Å². The van der Waals surface area contributed by atoms with Gasteiger partial charge in [-0.05, 0) is 0 Å². The molecule has 16 heavy (non-hydrogen) atoms. The van der Waals surface area contributed by atoms with Crippen molar-refractivity contribution in [1.29, 1.82) is 0 Å². The topological polar surface area (TPSA) is 91.5 Å². The summed E-state index contributed by atoms with van der Waals surface area (Å²) in [4.78, 5) is 8.22. The van der Waals surface area contributed by atoms with E-state index < -0.39 is 0 Å².